The standard InChI is InChI=1S/C15H13NO5S/c1-9-2-4-10(5-3-9)22(20,21)16-8-12-11(6-7-13(12)17)14(16)15(18)19/h2-5,8H,6-7H2,1H3,(H,18,19). The molecule has 0 unspecified atom stereocenters. The molecule has 2 aromatic rings. The predicted octanol–water partition coefficient (Wildman–Crippen LogP) is 1.86. The number of hydrogen-bond acceptors (Lipinski definition) is 4. The van der Waals surface area contributed by atoms with Crippen molar-refractivity contribution in [3.63, 3.8) is 0 Å². The fourth-order valence-corrected chi connectivity index (χ4v) is 4.00. The van der Waals surface area contributed by atoms with Crippen LogP contribution in [0.1, 0.15) is 38.4 Å². The molecule has 0 spiro atoms. The van der Waals surface area contributed by atoms with Gasteiger partial charge >= 0.3 is 5.97 Å². The van der Waals surface area contributed by atoms with Crippen LogP contribution in [-0.2, 0) is 16.4 Å². The van der Waals surface area contributed by atoms with Gasteiger partial charge in [0.05, 0.1) is 4.90 Å². The molecule has 0 fully saturated rings. The maximum atomic E-state index is 12.7. The van der Waals surface area contributed by atoms with E-state index in [4.69, 9.17) is 0 Å². The summed E-state index contributed by atoms with van der Waals surface area (Å²) < 4.78 is 26.1. The molecule has 0 radical (unpaired) electrons. The first-order valence-electron chi connectivity index (χ1n) is 6.65. The average Bonchev–Trinajstić information content (AvgIpc) is 3.00. The molecule has 0 amide bonds. The van der Waals surface area contributed by atoms with Crippen LogP contribution in [-0.4, -0.2) is 29.2 Å². The maximum absolute atomic E-state index is 12.7. The molecule has 0 saturated carbocycles. The number of nitrogens with zero attached hydrogens (tertiary/aromatic N) is 1. The highest BCUT2D eigenvalue weighted by Gasteiger charge is 2.34. The Hall–Kier alpha value is -2.41. The zero-order chi connectivity index (χ0) is 16.1. The molecule has 7 heteroatoms. The monoisotopic (exact) mass is 319 g/mol. The molecule has 1 aromatic heterocycles. The Bertz CT molecular complexity index is 891. The molecule has 0 bridgehead atoms. The molecule has 6 nitrogen and oxygen atoms in total. The van der Waals surface area contributed by atoms with E-state index in [0.717, 1.165) is 11.8 Å². The van der Waals surface area contributed by atoms with Crippen LogP contribution in [0.4, 0.5) is 0 Å². The minimum Gasteiger partial charge on any atom is -0.477 e. The quantitative estimate of drug-likeness (QED) is 0.932. The van der Waals surface area contributed by atoms with Crippen LogP contribution >= 0.6 is 0 Å². The van der Waals surface area contributed by atoms with Crippen LogP contribution in [0.15, 0.2) is 35.4 Å². The minimum absolute atomic E-state index is 0.0123. The van der Waals surface area contributed by atoms with Crippen molar-refractivity contribution in [2.45, 2.75) is 24.7 Å². The highest BCUT2D eigenvalue weighted by atomic mass is 32.2. The van der Waals surface area contributed by atoms with Gasteiger partial charge < -0.3 is 5.11 Å². The SMILES string of the molecule is Cc1ccc(S(=O)(=O)n2cc3c(c2C(=O)O)CCC3=O)cc1. The summed E-state index contributed by atoms with van der Waals surface area (Å²) in [5.41, 5.74) is 1.03. The lowest BCUT2D eigenvalue weighted by Crippen LogP contribution is -2.19. The van der Waals surface area contributed by atoms with Gasteiger partial charge in [0.1, 0.15) is 5.69 Å². The van der Waals surface area contributed by atoms with Gasteiger partial charge in [0.2, 0.25) is 0 Å². The van der Waals surface area contributed by atoms with Gasteiger partial charge in [0.25, 0.3) is 10.0 Å². The van der Waals surface area contributed by atoms with E-state index in [9.17, 15) is 23.1 Å². The van der Waals surface area contributed by atoms with Crippen LogP contribution < -0.4 is 0 Å². The van der Waals surface area contributed by atoms with Crippen LogP contribution in [0.3, 0.4) is 0 Å². The molecule has 1 heterocycles. The van der Waals surface area contributed by atoms with Gasteiger partial charge in [0, 0.05) is 18.2 Å². The zero-order valence-corrected chi connectivity index (χ0v) is 12.6. The molecule has 114 valence electrons. The summed E-state index contributed by atoms with van der Waals surface area (Å²) in [5.74, 6) is -1.58. The lowest BCUT2D eigenvalue weighted by Gasteiger charge is -2.09. The third kappa shape index (κ3) is 2.05. The van der Waals surface area contributed by atoms with Crippen molar-refractivity contribution < 1.29 is 23.1 Å². The lowest BCUT2D eigenvalue weighted by atomic mass is 10.2. The van der Waals surface area contributed by atoms with Crippen LogP contribution in [0.25, 0.3) is 0 Å². The Balaban J connectivity index is 2.24. The molecule has 1 N–H and O–H groups in total. The molecule has 0 saturated heterocycles. The normalized spacial score (nSPS) is 14.1. The number of carboxylic acid groups (broad SMARTS) is 1. The molecule has 1 aromatic carbocycles. The number of rotatable bonds is 3. The second kappa shape index (κ2) is 4.81. The Morgan fingerprint density at radius 3 is 2.41 bits per heavy atom. The van der Waals surface area contributed by atoms with E-state index in [1.807, 2.05) is 6.92 Å². The number of aromatic nitrogens is 1. The summed E-state index contributed by atoms with van der Waals surface area (Å²) in [7, 11) is -4.05. The van der Waals surface area contributed by atoms with Gasteiger partial charge in [-0.3, -0.25) is 4.79 Å². The highest BCUT2D eigenvalue weighted by Crippen LogP contribution is 2.30. The second-order valence-electron chi connectivity index (χ2n) is 5.21. The Labute approximate surface area is 127 Å². The summed E-state index contributed by atoms with van der Waals surface area (Å²) in [6.07, 6.45) is 1.60. The number of ketones is 1. The largest absolute Gasteiger partial charge is 0.477 e. The number of fused-ring (bicyclic) bond motifs is 1. The van der Waals surface area contributed by atoms with E-state index in [1.54, 1.807) is 12.1 Å². The summed E-state index contributed by atoms with van der Waals surface area (Å²) in [6.45, 7) is 1.82. The number of benzene rings is 1. The van der Waals surface area contributed by atoms with Crippen molar-refractivity contribution in [3.8, 4) is 0 Å². The van der Waals surface area contributed by atoms with Gasteiger partial charge in [-0.1, -0.05) is 17.7 Å². The zero-order valence-electron chi connectivity index (χ0n) is 11.7. The minimum atomic E-state index is -4.05. The highest BCUT2D eigenvalue weighted by molar-refractivity contribution is 7.90. The molecular formula is C15H13NO5S. The van der Waals surface area contributed by atoms with Crippen LogP contribution in [0.5, 0.6) is 0 Å². The summed E-state index contributed by atoms with van der Waals surface area (Å²) in [6, 6.07) is 6.11. The molecule has 0 aliphatic heterocycles. The summed E-state index contributed by atoms with van der Waals surface area (Å²) in [5, 5.41) is 9.36. The van der Waals surface area contributed by atoms with Crippen LogP contribution in [0.2, 0.25) is 0 Å². The van der Waals surface area contributed by atoms with Crippen molar-refractivity contribution in [1.29, 1.82) is 0 Å². The van der Waals surface area contributed by atoms with Crippen molar-refractivity contribution in [2.24, 2.45) is 0 Å². The number of aryl methyl sites for hydroxylation is 1. The van der Waals surface area contributed by atoms with Gasteiger partial charge in [-0.2, -0.15) is 0 Å². The van der Waals surface area contributed by atoms with E-state index in [0.29, 0.717) is 9.54 Å². The van der Waals surface area contributed by atoms with Crippen LogP contribution in [0, 0.1) is 6.92 Å². The fraction of sp³-hybridized carbons (Fsp3) is 0.200. The maximum Gasteiger partial charge on any atom is 0.353 e. The molecule has 22 heavy (non-hydrogen) atoms. The second-order valence-corrected chi connectivity index (χ2v) is 7.03. The van der Waals surface area contributed by atoms with Crippen molar-refractivity contribution in [2.75, 3.05) is 0 Å². The average molecular weight is 319 g/mol. The first kappa shape index (κ1) is 14.5. The molecule has 1 aliphatic carbocycles. The van der Waals surface area contributed by atoms with E-state index in [1.165, 1.54) is 12.1 Å². The van der Waals surface area contributed by atoms with E-state index >= 15 is 0 Å². The van der Waals surface area contributed by atoms with Gasteiger partial charge in [-0.05, 0) is 31.0 Å². The smallest absolute Gasteiger partial charge is 0.353 e. The third-order valence-electron chi connectivity index (χ3n) is 3.76. The molecular weight excluding hydrogens is 306 g/mol. The number of hydrogen-bond donors (Lipinski definition) is 1. The number of carbonyl (C=O) groups excluding carboxylic acids is 1. The van der Waals surface area contributed by atoms with Gasteiger partial charge in [-0.25, -0.2) is 17.2 Å². The van der Waals surface area contributed by atoms with E-state index in [2.05, 4.69) is 0 Å². The Kier molecular flexibility index (Phi) is 3.17. The number of carboxylic acids is 1. The predicted molar refractivity (Wildman–Crippen MR) is 77.8 cm³/mol. The number of Topliss-reactive ketones (excluding diaryl/α,β-unsaturated/α-hetero) is 1. The molecule has 3 rings (SSSR count). The summed E-state index contributed by atoms with van der Waals surface area (Å²) in [4.78, 5) is 23.2. The number of aromatic carboxylic acids is 1. The van der Waals surface area contributed by atoms with Crippen molar-refractivity contribution >= 4 is 21.8 Å². The summed E-state index contributed by atoms with van der Waals surface area (Å²) >= 11 is 0. The van der Waals surface area contributed by atoms with Crippen molar-refractivity contribution in [3.05, 3.63) is 52.8 Å². The van der Waals surface area contributed by atoms with E-state index < -0.39 is 16.0 Å². The fourth-order valence-electron chi connectivity index (χ4n) is 2.62. The third-order valence-corrected chi connectivity index (χ3v) is 5.43. The lowest BCUT2D eigenvalue weighted by molar-refractivity contribution is 0.0687. The number of carbonyl (C=O) groups is 2. The van der Waals surface area contributed by atoms with Gasteiger partial charge in [-0.15, -0.1) is 0 Å². The first-order valence-corrected chi connectivity index (χ1v) is 8.09. The first-order chi connectivity index (χ1) is 10.3. The molecule has 0 atom stereocenters. The van der Waals surface area contributed by atoms with Gasteiger partial charge in [0.15, 0.2) is 5.78 Å². The molecule has 1 aliphatic rings. The van der Waals surface area contributed by atoms with Crippen molar-refractivity contribution in [1.82, 2.24) is 3.97 Å². The Morgan fingerprint density at radius 2 is 1.82 bits per heavy atom. The topological polar surface area (TPSA) is 93.4 Å². The Morgan fingerprint density at radius 1 is 1.18 bits per heavy atom. The van der Waals surface area contributed by atoms with E-state index in [-0.39, 0.29) is 34.8 Å².